The predicted molar refractivity (Wildman–Crippen MR) is 137 cm³/mol. The molecular weight excluding hydrogens is 448 g/mol. The second-order valence-electron chi connectivity index (χ2n) is 12.9. The zero-order chi connectivity index (χ0) is 28.4. The molecular formula is C28H50O7. The molecule has 0 saturated heterocycles. The van der Waals surface area contributed by atoms with Crippen molar-refractivity contribution in [2.24, 2.45) is 10.8 Å². The molecule has 7 heteroatoms. The van der Waals surface area contributed by atoms with Crippen LogP contribution >= 0.6 is 0 Å². The molecule has 35 heavy (non-hydrogen) atoms. The van der Waals surface area contributed by atoms with E-state index in [1.54, 1.807) is 34.6 Å². The molecule has 0 aliphatic carbocycles. The van der Waals surface area contributed by atoms with E-state index in [-0.39, 0.29) is 11.6 Å². The van der Waals surface area contributed by atoms with E-state index < -0.39 is 50.9 Å². The van der Waals surface area contributed by atoms with Crippen LogP contribution in [0.25, 0.3) is 0 Å². The third kappa shape index (κ3) is 8.29. The summed E-state index contributed by atoms with van der Waals surface area (Å²) in [5.41, 5.74) is -5.99. The van der Waals surface area contributed by atoms with E-state index >= 15 is 0 Å². The highest BCUT2D eigenvalue weighted by molar-refractivity contribution is 6.39. The molecule has 0 heterocycles. The van der Waals surface area contributed by atoms with Gasteiger partial charge in [-0.05, 0) is 75.7 Å². The lowest BCUT2D eigenvalue weighted by Crippen LogP contribution is -2.56. The van der Waals surface area contributed by atoms with Gasteiger partial charge in [0.1, 0.15) is 23.1 Å². The zero-order valence-electron chi connectivity index (χ0n) is 24.8. The standard InChI is InChI=1S/C28H50O7/c1-16-33-26(10,11)21(31)19(3)34-28(14,15)25(8,9)22(32)23(4,5)17-24(6,7)35-27(12,13)20(30)18(2)29/h19H,16-17H2,1-15H3. The Morgan fingerprint density at radius 2 is 1.23 bits per heavy atom. The van der Waals surface area contributed by atoms with Gasteiger partial charge in [0.05, 0.1) is 16.6 Å². The molecule has 1 unspecified atom stereocenters. The third-order valence-electron chi connectivity index (χ3n) is 6.89. The summed E-state index contributed by atoms with van der Waals surface area (Å²) >= 11 is 0. The average Bonchev–Trinajstić information content (AvgIpc) is 2.63. The van der Waals surface area contributed by atoms with Crippen molar-refractivity contribution in [3.8, 4) is 0 Å². The summed E-state index contributed by atoms with van der Waals surface area (Å²) < 4.78 is 17.9. The van der Waals surface area contributed by atoms with Crippen LogP contribution in [0, 0.1) is 10.8 Å². The smallest absolute Gasteiger partial charge is 0.229 e. The van der Waals surface area contributed by atoms with Gasteiger partial charge in [-0.1, -0.05) is 27.7 Å². The number of hydrogen-bond donors (Lipinski definition) is 0. The van der Waals surface area contributed by atoms with Crippen LogP contribution < -0.4 is 0 Å². The first-order valence-electron chi connectivity index (χ1n) is 12.4. The van der Waals surface area contributed by atoms with Gasteiger partial charge in [-0.3, -0.25) is 19.2 Å². The predicted octanol–water partition coefficient (Wildman–Crippen LogP) is 5.30. The lowest BCUT2D eigenvalue weighted by molar-refractivity contribution is -0.184. The van der Waals surface area contributed by atoms with Gasteiger partial charge in [0.2, 0.25) is 5.78 Å². The molecule has 0 aromatic rings. The number of carbonyl (C=O) groups excluding carboxylic acids is 4. The Bertz CT molecular complexity index is 813. The number of carbonyl (C=O) groups is 4. The molecule has 0 fully saturated rings. The summed E-state index contributed by atoms with van der Waals surface area (Å²) in [5, 5.41) is 0. The van der Waals surface area contributed by atoms with Crippen molar-refractivity contribution >= 4 is 23.1 Å². The molecule has 0 aliphatic rings. The quantitative estimate of drug-likeness (QED) is 0.283. The first-order chi connectivity index (χ1) is 15.3. The van der Waals surface area contributed by atoms with Gasteiger partial charge in [0, 0.05) is 18.9 Å². The number of Topliss-reactive ketones (excluding diaryl/α,β-unsaturated/α-hetero) is 4. The van der Waals surface area contributed by atoms with Crippen molar-refractivity contribution in [1.82, 2.24) is 0 Å². The van der Waals surface area contributed by atoms with E-state index in [9.17, 15) is 19.2 Å². The monoisotopic (exact) mass is 498 g/mol. The van der Waals surface area contributed by atoms with Gasteiger partial charge >= 0.3 is 0 Å². The molecule has 0 spiro atoms. The minimum absolute atomic E-state index is 0.0638. The van der Waals surface area contributed by atoms with Crippen LogP contribution in [-0.2, 0) is 33.4 Å². The lowest BCUT2D eigenvalue weighted by Gasteiger charge is -2.47. The fourth-order valence-electron chi connectivity index (χ4n) is 5.03. The minimum atomic E-state index is -1.31. The summed E-state index contributed by atoms with van der Waals surface area (Å²) in [6, 6.07) is 0. The summed E-state index contributed by atoms with van der Waals surface area (Å²) in [5.74, 6) is -1.44. The summed E-state index contributed by atoms with van der Waals surface area (Å²) in [6.45, 7) is 26.3. The highest BCUT2D eigenvalue weighted by Gasteiger charge is 2.52. The topological polar surface area (TPSA) is 96.0 Å². The second-order valence-corrected chi connectivity index (χ2v) is 12.9. The van der Waals surface area contributed by atoms with E-state index in [0.717, 1.165) is 0 Å². The SMILES string of the molecule is CCOC(C)(C)C(=O)C(C)OC(C)(C)C(C)(C)C(=O)C(C)(C)CC(C)(C)OC(C)(C)C(=O)C(C)=O. The maximum Gasteiger partial charge on any atom is 0.229 e. The van der Waals surface area contributed by atoms with Gasteiger partial charge in [-0.25, -0.2) is 0 Å². The van der Waals surface area contributed by atoms with E-state index in [2.05, 4.69) is 0 Å². The fraction of sp³-hybridized carbons (Fsp3) is 0.857. The maximum atomic E-state index is 13.9. The lowest BCUT2D eigenvalue weighted by atomic mass is 9.63. The van der Waals surface area contributed by atoms with Gasteiger partial charge < -0.3 is 14.2 Å². The number of ether oxygens (including phenoxy) is 3. The highest BCUT2D eigenvalue weighted by atomic mass is 16.5. The molecule has 0 N–H and O–H groups in total. The molecule has 7 nitrogen and oxygen atoms in total. The van der Waals surface area contributed by atoms with Gasteiger partial charge in [-0.15, -0.1) is 0 Å². The Labute approximate surface area is 213 Å². The molecule has 0 rings (SSSR count). The van der Waals surface area contributed by atoms with E-state index in [1.807, 2.05) is 62.3 Å². The molecule has 0 amide bonds. The fourth-order valence-corrected chi connectivity index (χ4v) is 5.03. The maximum absolute atomic E-state index is 13.9. The largest absolute Gasteiger partial charge is 0.368 e. The molecule has 0 aromatic heterocycles. The molecule has 0 bridgehead atoms. The van der Waals surface area contributed by atoms with E-state index in [1.165, 1.54) is 6.92 Å². The second kappa shape index (κ2) is 10.9. The number of ketones is 4. The Morgan fingerprint density at radius 1 is 0.771 bits per heavy atom. The Hall–Kier alpha value is -1.44. The van der Waals surface area contributed by atoms with Crippen LogP contribution in [0.4, 0.5) is 0 Å². The van der Waals surface area contributed by atoms with Crippen molar-refractivity contribution in [2.75, 3.05) is 6.61 Å². The van der Waals surface area contributed by atoms with Crippen LogP contribution in [0.3, 0.4) is 0 Å². The first kappa shape index (κ1) is 33.6. The number of hydrogen-bond acceptors (Lipinski definition) is 7. The average molecular weight is 499 g/mol. The molecule has 0 aromatic carbocycles. The van der Waals surface area contributed by atoms with Crippen molar-refractivity contribution in [3.63, 3.8) is 0 Å². The van der Waals surface area contributed by atoms with Crippen LogP contribution in [-0.4, -0.2) is 58.2 Å². The van der Waals surface area contributed by atoms with Crippen molar-refractivity contribution in [2.45, 2.75) is 139 Å². The third-order valence-corrected chi connectivity index (χ3v) is 6.89. The van der Waals surface area contributed by atoms with Crippen LogP contribution in [0.1, 0.15) is 110 Å². The van der Waals surface area contributed by atoms with Crippen molar-refractivity contribution in [1.29, 1.82) is 0 Å². The normalized spacial score (nSPS) is 15.1. The van der Waals surface area contributed by atoms with E-state index in [4.69, 9.17) is 14.2 Å². The van der Waals surface area contributed by atoms with Gasteiger partial charge in [0.15, 0.2) is 11.6 Å². The van der Waals surface area contributed by atoms with Crippen LogP contribution in [0.2, 0.25) is 0 Å². The molecule has 0 saturated carbocycles. The van der Waals surface area contributed by atoms with Crippen LogP contribution in [0.15, 0.2) is 0 Å². The van der Waals surface area contributed by atoms with Gasteiger partial charge in [-0.2, -0.15) is 0 Å². The Morgan fingerprint density at radius 3 is 1.63 bits per heavy atom. The molecule has 1 atom stereocenters. The summed E-state index contributed by atoms with van der Waals surface area (Å²) in [4.78, 5) is 50.8. The molecule has 0 aliphatic heterocycles. The summed E-state index contributed by atoms with van der Waals surface area (Å²) in [7, 11) is 0. The Balaban J connectivity index is 5.80. The van der Waals surface area contributed by atoms with Crippen molar-refractivity contribution in [3.05, 3.63) is 0 Å². The van der Waals surface area contributed by atoms with Crippen LogP contribution in [0.5, 0.6) is 0 Å². The van der Waals surface area contributed by atoms with Crippen molar-refractivity contribution < 1.29 is 33.4 Å². The molecule has 204 valence electrons. The first-order valence-corrected chi connectivity index (χ1v) is 12.4. The Kier molecular flexibility index (Phi) is 10.4. The summed E-state index contributed by atoms with van der Waals surface area (Å²) in [6.07, 6.45) is -0.473. The van der Waals surface area contributed by atoms with Gasteiger partial charge in [0.25, 0.3) is 0 Å². The molecule has 0 radical (unpaired) electrons. The minimum Gasteiger partial charge on any atom is -0.368 e. The van der Waals surface area contributed by atoms with E-state index in [0.29, 0.717) is 13.0 Å². The highest BCUT2D eigenvalue weighted by Crippen LogP contribution is 2.45. The zero-order valence-corrected chi connectivity index (χ0v) is 24.8. The number of rotatable bonds is 15.